The van der Waals surface area contributed by atoms with Gasteiger partial charge in [-0.2, -0.15) is 4.98 Å². The van der Waals surface area contributed by atoms with E-state index in [0.29, 0.717) is 16.8 Å². The highest BCUT2D eigenvalue weighted by Gasteiger charge is 2.03. The van der Waals surface area contributed by atoms with E-state index in [-0.39, 0.29) is 0 Å². The second kappa shape index (κ2) is 5.51. The first-order valence-electron chi connectivity index (χ1n) is 5.13. The lowest BCUT2D eigenvalue weighted by Crippen LogP contribution is -2.11. The first kappa shape index (κ1) is 13.1. The van der Waals surface area contributed by atoms with Crippen LogP contribution in [0.15, 0.2) is 28.7 Å². The van der Waals surface area contributed by atoms with Crippen LogP contribution in [0.2, 0.25) is 5.02 Å². The van der Waals surface area contributed by atoms with Crippen molar-refractivity contribution in [2.75, 3.05) is 10.7 Å². The third-order valence-electron chi connectivity index (χ3n) is 2.18. The van der Waals surface area contributed by atoms with Gasteiger partial charge in [-0.1, -0.05) is 11.6 Å². The normalized spacial score (nSPS) is 10.2. The summed E-state index contributed by atoms with van der Waals surface area (Å²) in [5.74, 6) is 6.32. The molecule has 1 aromatic heterocycles. The molecule has 7 heteroatoms. The van der Waals surface area contributed by atoms with Crippen molar-refractivity contribution >= 4 is 45.0 Å². The van der Waals surface area contributed by atoms with Crippen molar-refractivity contribution in [2.24, 2.45) is 5.84 Å². The van der Waals surface area contributed by atoms with Crippen molar-refractivity contribution in [2.45, 2.75) is 6.92 Å². The predicted molar refractivity (Wildman–Crippen MR) is 77.0 cm³/mol. The summed E-state index contributed by atoms with van der Waals surface area (Å²) >= 11 is 9.29. The number of nitrogens with zero attached hydrogens (tertiary/aromatic N) is 2. The molecule has 4 N–H and O–H groups in total. The monoisotopic (exact) mass is 327 g/mol. The van der Waals surface area contributed by atoms with Crippen molar-refractivity contribution in [3.63, 3.8) is 0 Å². The van der Waals surface area contributed by atoms with Gasteiger partial charge in [-0.3, -0.25) is 5.43 Å². The maximum Gasteiger partial charge on any atom is 0.239 e. The number of nitrogens with one attached hydrogen (secondary N) is 2. The van der Waals surface area contributed by atoms with E-state index >= 15 is 0 Å². The molecule has 0 atom stereocenters. The van der Waals surface area contributed by atoms with Gasteiger partial charge in [-0.25, -0.2) is 10.8 Å². The third-order valence-corrected chi connectivity index (χ3v) is 3.39. The molecule has 0 aliphatic carbocycles. The number of nitrogen functional groups attached to an aromatic ring is 1. The molecule has 0 saturated heterocycles. The zero-order chi connectivity index (χ0) is 13.1. The molecule has 0 fully saturated rings. The molecule has 0 amide bonds. The Kier molecular flexibility index (Phi) is 4.00. The zero-order valence-electron chi connectivity index (χ0n) is 9.54. The molecule has 0 bridgehead atoms. The number of nitrogens with two attached hydrogens (primary N) is 1. The molecule has 0 unspecified atom stereocenters. The SMILES string of the molecule is Cc1cc(Nc2ccc(Cl)c(Br)c2)nc(NN)n1. The van der Waals surface area contributed by atoms with E-state index in [1.165, 1.54) is 0 Å². The Balaban J connectivity index is 2.27. The summed E-state index contributed by atoms with van der Waals surface area (Å²) in [7, 11) is 0. The van der Waals surface area contributed by atoms with Gasteiger partial charge in [0.15, 0.2) is 0 Å². The van der Waals surface area contributed by atoms with Crippen molar-refractivity contribution in [1.82, 2.24) is 9.97 Å². The van der Waals surface area contributed by atoms with Crippen LogP contribution in [-0.2, 0) is 0 Å². The molecule has 2 aromatic rings. The summed E-state index contributed by atoms with van der Waals surface area (Å²) < 4.78 is 0.817. The summed E-state index contributed by atoms with van der Waals surface area (Å²) in [6, 6.07) is 7.35. The largest absolute Gasteiger partial charge is 0.340 e. The van der Waals surface area contributed by atoms with E-state index in [1.807, 2.05) is 25.1 Å². The molecule has 0 aliphatic heterocycles. The van der Waals surface area contributed by atoms with E-state index in [1.54, 1.807) is 6.07 Å². The fourth-order valence-corrected chi connectivity index (χ4v) is 1.92. The molecule has 5 nitrogen and oxygen atoms in total. The minimum Gasteiger partial charge on any atom is -0.340 e. The molecule has 0 spiro atoms. The van der Waals surface area contributed by atoms with Crippen LogP contribution in [0.25, 0.3) is 0 Å². The Bertz CT molecular complexity index is 575. The Labute approximate surface area is 118 Å². The minimum atomic E-state index is 0.366. The van der Waals surface area contributed by atoms with E-state index in [4.69, 9.17) is 17.4 Å². The lowest BCUT2D eigenvalue weighted by atomic mass is 10.3. The Hall–Kier alpha value is -1.37. The number of aryl methyl sites for hydroxylation is 1. The number of hydrogen-bond donors (Lipinski definition) is 3. The smallest absolute Gasteiger partial charge is 0.239 e. The third kappa shape index (κ3) is 3.10. The topological polar surface area (TPSA) is 75.9 Å². The highest BCUT2D eigenvalue weighted by Crippen LogP contribution is 2.27. The molecular weight excluding hydrogens is 318 g/mol. The van der Waals surface area contributed by atoms with Gasteiger partial charge >= 0.3 is 0 Å². The molecule has 1 heterocycles. The molecule has 94 valence electrons. The summed E-state index contributed by atoms with van der Waals surface area (Å²) in [5.41, 5.74) is 4.10. The van der Waals surface area contributed by atoms with Gasteiger partial charge in [0.25, 0.3) is 0 Å². The average Bonchev–Trinajstić information content (AvgIpc) is 2.33. The summed E-state index contributed by atoms with van der Waals surface area (Å²) in [6.07, 6.45) is 0. The second-order valence-electron chi connectivity index (χ2n) is 3.62. The van der Waals surface area contributed by atoms with Crippen molar-refractivity contribution < 1.29 is 0 Å². The molecular formula is C11H11BrClN5. The molecule has 2 rings (SSSR count). The van der Waals surface area contributed by atoms with Gasteiger partial charge < -0.3 is 5.32 Å². The zero-order valence-corrected chi connectivity index (χ0v) is 11.9. The van der Waals surface area contributed by atoms with Gasteiger partial charge in [0.2, 0.25) is 5.95 Å². The van der Waals surface area contributed by atoms with Crippen LogP contribution in [-0.4, -0.2) is 9.97 Å². The lowest BCUT2D eigenvalue weighted by molar-refractivity contribution is 1.07. The van der Waals surface area contributed by atoms with Crippen molar-refractivity contribution in [1.29, 1.82) is 0 Å². The van der Waals surface area contributed by atoms with Gasteiger partial charge in [-0.15, -0.1) is 0 Å². The van der Waals surface area contributed by atoms with Gasteiger partial charge in [0, 0.05) is 21.9 Å². The van der Waals surface area contributed by atoms with Crippen LogP contribution in [0.4, 0.5) is 17.5 Å². The van der Waals surface area contributed by atoms with Crippen LogP contribution in [0.1, 0.15) is 5.69 Å². The van der Waals surface area contributed by atoms with Gasteiger partial charge in [0.1, 0.15) is 5.82 Å². The van der Waals surface area contributed by atoms with Crippen LogP contribution in [0, 0.1) is 6.92 Å². The quantitative estimate of drug-likeness (QED) is 0.596. The molecule has 0 radical (unpaired) electrons. The number of hydrazine groups is 1. The van der Waals surface area contributed by atoms with E-state index in [2.05, 4.69) is 36.6 Å². The number of benzene rings is 1. The number of halogens is 2. The second-order valence-corrected chi connectivity index (χ2v) is 4.88. The maximum absolute atomic E-state index is 5.93. The average molecular weight is 329 g/mol. The standard InChI is InChI=1S/C11H11BrClN5/c1-6-4-10(17-11(15-6)18-14)16-7-2-3-9(13)8(12)5-7/h2-5H,14H2,1H3,(H2,15,16,17,18). The maximum atomic E-state index is 5.93. The highest BCUT2D eigenvalue weighted by molar-refractivity contribution is 9.10. The number of rotatable bonds is 3. The molecule has 0 saturated carbocycles. The number of hydrogen-bond acceptors (Lipinski definition) is 5. The Morgan fingerprint density at radius 3 is 2.72 bits per heavy atom. The van der Waals surface area contributed by atoms with Gasteiger partial charge in [-0.05, 0) is 41.1 Å². The summed E-state index contributed by atoms with van der Waals surface area (Å²) in [6.45, 7) is 1.87. The molecule has 1 aromatic carbocycles. The fourth-order valence-electron chi connectivity index (χ4n) is 1.42. The van der Waals surface area contributed by atoms with Crippen LogP contribution >= 0.6 is 27.5 Å². The van der Waals surface area contributed by atoms with Crippen molar-refractivity contribution in [3.8, 4) is 0 Å². The lowest BCUT2D eigenvalue weighted by Gasteiger charge is -2.08. The van der Waals surface area contributed by atoms with E-state index in [9.17, 15) is 0 Å². The minimum absolute atomic E-state index is 0.366. The highest BCUT2D eigenvalue weighted by atomic mass is 79.9. The van der Waals surface area contributed by atoms with Crippen LogP contribution < -0.4 is 16.6 Å². The summed E-state index contributed by atoms with van der Waals surface area (Å²) in [5, 5.41) is 3.81. The molecule has 0 aliphatic rings. The van der Waals surface area contributed by atoms with Crippen LogP contribution in [0.5, 0.6) is 0 Å². The van der Waals surface area contributed by atoms with E-state index < -0.39 is 0 Å². The Morgan fingerprint density at radius 2 is 2.06 bits per heavy atom. The first-order chi connectivity index (χ1) is 8.58. The summed E-state index contributed by atoms with van der Waals surface area (Å²) in [4.78, 5) is 8.30. The Morgan fingerprint density at radius 1 is 1.28 bits per heavy atom. The fraction of sp³-hybridized carbons (Fsp3) is 0.0909. The van der Waals surface area contributed by atoms with Gasteiger partial charge in [0.05, 0.1) is 5.02 Å². The predicted octanol–water partition coefficient (Wildman–Crippen LogP) is 3.23. The van der Waals surface area contributed by atoms with E-state index in [0.717, 1.165) is 15.9 Å². The van der Waals surface area contributed by atoms with Crippen molar-refractivity contribution in [3.05, 3.63) is 39.5 Å². The number of aromatic nitrogens is 2. The molecule has 18 heavy (non-hydrogen) atoms. The van der Waals surface area contributed by atoms with Crippen LogP contribution in [0.3, 0.4) is 0 Å². The first-order valence-corrected chi connectivity index (χ1v) is 6.30. The number of anilines is 3.